The Kier molecular flexibility index (Phi) is 54.9. The fraction of sp³-hybridized carbons (Fsp3) is 0.803. The van der Waals surface area contributed by atoms with Crippen LogP contribution in [0.2, 0.25) is 0 Å². The Balaban J connectivity index is 4.26. The van der Waals surface area contributed by atoms with E-state index < -0.39 is 6.10 Å². The van der Waals surface area contributed by atoms with Gasteiger partial charge in [-0.1, -0.05) is 255 Å². The van der Waals surface area contributed by atoms with Crippen LogP contribution < -0.4 is 0 Å². The third-order valence-electron chi connectivity index (χ3n) is 12.5. The molecule has 0 aliphatic rings. The third kappa shape index (κ3) is 54.2. The van der Waals surface area contributed by atoms with Crippen molar-refractivity contribution in [1.29, 1.82) is 0 Å². The molecular formula is C61H110O5. The zero-order chi connectivity index (χ0) is 47.7. The van der Waals surface area contributed by atoms with Gasteiger partial charge in [-0.25, -0.2) is 0 Å². The van der Waals surface area contributed by atoms with Gasteiger partial charge < -0.3 is 14.2 Å². The van der Waals surface area contributed by atoms with Crippen molar-refractivity contribution < 1.29 is 23.8 Å². The first-order valence-electron chi connectivity index (χ1n) is 28.8. The predicted molar refractivity (Wildman–Crippen MR) is 288 cm³/mol. The van der Waals surface area contributed by atoms with Crippen LogP contribution in [-0.2, 0) is 23.8 Å². The molecule has 0 aliphatic carbocycles. The molecule has 0 heterocycles. The summed E-state index contributed by atoms with van der Waals surface area (Å²) in [7, 11) is 0. The second-order valence-electron chi connectivity index (χ2n) is 19.2. The van der Waals surface area contributed by atoms with Gasteiger partial charge in [0.05, 0.1) is 6.61 Å². The van der Waals surface area contributed by atoms with Crippen molar-refractivity contribution in [2.24, 2.45) is 0 Å². The van der Waals surface area contributed by atoms with Crippen LogP contribution in [0.15, 0.2) is 60.8 Å². The molecule has 0 aliphatic heterocycles. The van der Waals surface area contributed by atoms with Crippen molar-refractivity contribution >= 4 is 11.9 Å². The van der Waals surface area contributed by atoms with Crippen LogP contribution in [0.1, 0.15) is 290 Å². The first-order valence-corrected chi connectivity index (χ1v) is 28.8. The lowest BCUT2D eigenvalue weighted by Gasteiger charge is -2.18. The number of ether oxygens (including phenoxy) is 3. The number of carbonyl (C=O) groups excluding carboxylic acids is 2. The van der Waals surface area contributed by atoms with E-state index in [1.807, 2.05) is 0 Å². The maximum atomic E-state index is 12.8. The summed E-state index contributed by atoms with van der Waals surface area (Å²) >= 11 is 0. The van der Waals surface area contributed by atoms with Crippen LogP contribution in [0, 0.1) is 0 Å². The van der Waals surface area contributed by atoms with Crippen molar-refractivity contribution in [2.45, 2.75) is 297 Å². The normalized spacial score (nSPS) is 12.6. The van der Waals surface area contributed by atoms with E-state index in [-0.39, 0.29) is 25.2 Å². The molecule has 0 fully saturated rings. The van der Waals surface area contributed by atoms with Crippen molar-refractivity contribution in [1.82, 2.24) is 0 Å². The van der Waals surface area contributed by atoms with E-state index in [9.17, 15) is 9.59 Å². The molecule has 0 aromatic rings. The lowest BCUT2D eigenvalue weighted by Crippen LogP contribution is -2.30. The first-order chi connectivity index (χ1) is 32.6. The van der Waals surface area contributed by atoms with Gasteiger partial charge in [-0.3, -0.25) is 9.59 Å². The molecular weight excluding hydrogens is 813 g/mol. The van der Waals surface area contributed by atoms with E-state index in [4.69, 9.17) is 14.2 Å². The molecule has 0 bridgehead atoms. The topological polar surface area (TPSA) is 61.8 Å². The summed E-state index contributed by atoms with van der Waals surface area (Å²) in [4.78, 5) is 25.5. The Hall–Kier alpha value is -2.40. The van der Waals surface area contributed by atoms with Crippen LogP contribution in [-0.4, -0.2) is 37.9 Å². The molecule has 1 unspecified atom stereocenters. The van der Waals surface area contributed by atoms with E-state index in [0.717, 1.165) is 89.9 Å². The van der Waals surface area contributed by atoms with Crippen LogP contribution in [0.25, 0.3) is 0 Å². The Labute approximate surface area is 411 Å². The minimum Gasteiger partial charge on any atom is -0.462 e. The molecule has 0 rings (SSSR count). The minimum atomic E-state index is -0.550. The molecule has 5 heteroatoms. The number of esters is 2. The summed E-state index contributed by atoms with van der Waals surface area (Å²) in [6.45, 7) is 7.70. The van der Waals surface area contributed by atoms with E-state index in [1.165, 1.54) is 167 Å². The monoisotopic (exact) mass is 923 g/mol. The van der Waals surface area contributed by atoms with Crippen LogP contribution in [0.4, 0.5) is 0 Å². The molecule has 0 radical (unpaired) electrons. The lowest BCUT2D eigenvalue weighted by molar-refractivity contribution is -0.163. The molecule has 0 saturated carbocycles. The average Bonchev–Trinajstić information content (AvgIpc) is 3.32. The van der Waals surface area contributed by atoms with Crippen LogP contribution >= 0.6 is 0 Å². The Morgan fingerprint density at radius 2 is 0.682 bits per heavy atom. The van der Waals surface area contributed by atoms with Crippen molar-refractivity contribution in [3.8, 4) is 0 Å². The van der Waals surface area contributed by atoms with Gasteiger partial charge in [0.25, 0.3) is 0 Å². The summed E-state index contributed by atoms with van der Waals surface area (Å²) in [6.07, 6.45) is 72.4. The van der Waals surface area contributed by atoms with Gasteiger partial charge in [-0.05, 0) is 83.5 Å². The van der Waals surface area contributed by atoms with Gasteiger partial charge in [-0.2, -0.15) is 0 Å². The van der Waals surface area contributed by atoms with E-state index >= 15 is 0 Å². The number of carbonyl (C=O) groups is 2. The summed E-state index contributed by atoms with van der Waals surface area (Å²) in [5, 5.41) is 0. The summed E-state index contributed by atoms with van der Waals surface area (Å²) < 4.78 is 17.5. The summed E-state index contributed by atoms with van der Waals surface area (Å²) in [5.74, 6) is -0.421. The summed E-state index contributed by atoms with van der Waals surface area (Å²) in [5.41, 5.74) is 0. The maximum absolute atomic E-state index is 12.8. The highest BCUT2D eigenvalue weighted by atomic mass is 16.6. The molecule has 0 amide bonds. The second-order valence-corrected chi connectivity index (χ2v) is 19.2. The Bertz CT molecular complexity index is 1130. The van der Waals surface area contributed by atoms with Crippen molar-refractivity contribution in [2.75, 3.05) is 19.8 Å². The van der Waals surface area contributed by atoms with Gasteiger partial charge in [0, 0.05) is 19.4 Å². The van der Waals surface area contributed by atoms with Crippen molar-refractivity contribution in [3.63, 3.8) is 0 Å². The Morgan fingerprint density at radius 1 is 0.348 bits per heavy atom. The molecule has 0 spiro atoms. The van der Waals surface area contributed by atoms with Gasteiger partial charge in [0.15, 0.2) is 6.10 Å². The number of unbranched alkanes of at least 4 members (excludes halogenated alkanes) is 32. The first kappa shape index (κ1) is 63.6. The number of allylic oxidation sites excluding steroid dienone is 10. The van der Waals surface area contributed by atoms with Gasteiger partial charge >= 0.3 is 11.9 Å². The zero-order valence-electron chi connectivity index (χ0n) is 44.2. The highest BCUT2D eigenvalue weighted by Gasteiger charge is 2.17. The number of rotatable bonds is 53. The van der Waals surface area contributed by atoms with Crippen molar-refractivity contribution in [3.05, 3.63) is 60.8 Å². The second kappa shape index (κ2) is 56.9. The van der Waals surface area contributed by atoms with Gasteiger partial charge in [0.2, 0.25) is 0 Å². The largest absolute Gasteiger partial charge is 0.462 e. The fourth-order valence-electron chi connectivity index (χ4n) is 8.26. The third-order valence-corrected chi connectivity index (χ3v) is 12.5. The molecule has 384 valence electrons. The van der Waals surface area contributed by atoms with E-state index in [1.54, 1.807) is 0 Å². The quantitative estimate of drug-likeness (QED) is 0.0346. The molecule has 0 aromatic carbocycles. The predicted octanol–water partition coefficient (Wildman–Crippen LogP) is 19.7. The highest BCUT2D eigenvalue weighted by molar-refractivity contribution is 5.70. The molecule has 1 atom stereocenters. The molecule has 0 N–H and O–H groups in total. The van der Waals surface area contributed by atoms with Gasteiger partial charge in [-0.15, -0.1) is 0 Å². The van der Waals surface area contributed by atoms with Crippen LogP contribution in [0.3, 0.4) is 0 Å². The SMILES string of the molecule is CC/C=C\C/C=C\C/C=C\CCCCCCCC(=O)OCC(COCCCCCCCCCCCCCCCCCCCCCC)OC(=O)CCCCCCC/C=C\C/C=C\CCCCC. The molecule has 0 aromatic heterocycles. The van der Waals surface area contributed by atoms with Crippen LogP contribution in [0.5, 0.6) is 0 Å². The maximum Gasteiger partial charge on any atom is 0.306 e. The molecule has 0 saturated heterocycles. The van der Waals surface area contributed by atoms with Gasteiger partial charge in [0.1, 0.15) is 6.61 Å². The van der Waals surface area contributed by atoms with E-state index in [0.29, 0.717) is 19.4 Å². The zero-order valence-corrected chi connectivity index (χ0v) is 44.2. The number of hydrogen-bond donors (Lipinski definition) is 0. The smallest absolute Gasteiger partial charge is 0.306 e. The molecule has 5 nitrogen and oxygen atoms in total. The summed E-state index contributed by atoms with van der Waals surface area (Å²) in [6, 6.07) is 0. The van der Waals surface area contributed by atoms with E-state index in [2.05, 4.69) is 81.5 Å². The fourth-order valence-corrected chi connectivity index (χ4v) is 8.26. The standard InChI is InChI=1S/C61H110O5/c1-4-7-10-13-16-19-22-25-28-29-30-31-32-35-38-41-44-47-50-53-56-64-57-59(66-61(63)55-52-49-46-43-40-37-34-27-24-21-18-15-12-9-6-3)58-65-60(62)54-51-48-45-42-39-36-33-26-23-20-17-14-11-8-5-2/h8,11,17-18,20-21,26-27,33-34,59H,4-7,9-10,12-16,19,22-25,28-32,35-58H2,1-3H3/b11-8-,20-17-,21-18-,33-26-,34-27-. The minimum absolute atomic E-state index is 0.0724. The average molecular weight is 924 g/mol. The highest BCUT2D eigenvalue weighted by Crippen LogP contribution is 2.16. The molecule has 66 heavy (non-hydrogen) atoms. The Morgan fingerprint density at radius 3 is 1.12 bits per heavy atom. The number of hydrogen-bond acceptors (Lipinski definition) is 5. The lowest BCUT2D eigenvalue weighted by atomic mass is 10.0.